The zero-order valence-corrected chi connectivity index (χ0v) is 81.4. The van der Waals surface area contributed by atoms with Crippen LogP contribution in [-0.4, -0.2) is 189 Å². The zero-order valence-electron chi connectivity index (χ0n) is 81.4. The molecule has 1 fully saturated rings. The summed E-state index contributed by atoms with van der Waals surface area (Å²) in [5.74, 6) is -17.9. The predicted octanol–water partition coefficient (Wildman–Crippen LogP) is 10.7. The number of ketones is 7. The van der Waals surface area contributed by atoms with E-state index in [0.29, 0.717) is 83.7 Å². The highest BCUT2D eigenvalue weighted by Crippen LogP contribution is 2.34. The molecule has 39 heteroatoms. The summed E-state index contributed by atoms with van der Waals surface area (Å²) >= 11 is 0. The molecule has 11 atom stereocenters. The maximum Gasteiger partial charge on any atom is 0.323 e. The molecule has 22 N–H and O–H groups in total. The Morgan fingerprint density at radius 1 is 0.415 bits per heavy atom. The molecular formula is C103H144N14O25. The van der Waals surface area contributed by atoms with Gasteiger partial charge in [0.1, 0.15) is 23.1 Å². The van der Waals surface area contributed by atoms with Crippen LogP contribution in [0.3, 0.4) is 0 Å². The van der Waals surface area contributed by atoms with Crippen LogP contribution in [0.15, 0.2) is 121 Å². The quantitative estimate of drug-likeness (QED) is 0.0161. The fourth-order valence-corrected chi connectivity index (χ4v) is 16.6. The first-order chi connectivity index (χ1) is 66.9. The number of Topliss-reactive ketones (excluding diaryl/α,β-unsaturated/α-hetero) is 7. The van der Waals surface area contributed by atoms with E-state index in [1.165, 1.54) is 21.0 Å². The van der Waals surface area contributed by atoms with Gasteiger partial charge >= 0.3 is 42.0 Å². The van der Waals surface area contributed by atoms with E-state index in [-0.39, 0.29) is 153 Å². The molecule has 1 aliphatic carbocycles. The fraction of sp³-hybridized carbons (Fsp3) is 0.515. The molecular weight excluding hydrogens is 1830 g/mol. The van der Waals surface area contributed by atoms with Gasteiger partial charge in [-0.05, 0) is 199 Å². The third-order valence-electron chi connectivity index (χ3n) is 24.5. The summed E-state index contributed by atoms with van der Waals surface area (Å²) in [7, 11) is 1.49. The Kier molecular flexibility index (Phi) is 53.8. The van der Waals surface area contributed by atoms with Crippen LogP contribution in [0.4, 0.5) is 41.9 Å². The lowest BCUT2D eigenvalue weighted by Crippen LogP contribution is -2.49. The van der Waals surface area contributed by atoms with Gasteiger partial charge in [-0.2, -0.15) is 0 Å². The van der Waals surface area contributed by atoms with Gasteiger partial charge in [0.15, 0.2) is 23.1 Å². The summed E-state index contributed by atoms with van der Waals surface area (Å²) in [6.07, 6.45) is -0.406. The number of methoxy groups -OCH3 is 1. The average molecular weight is 1980 g/mol. The number of aliphatic carboxylic acids is 3. The largest absolute Gasteiger partial charge is 0.497 e. The van der Waals surface area contributed by atoms with E-state index < -0.39 is 198 Å². The molecule has 6 rings (SSSR count). The first-order valence-electron chi connectivity index (χ1n) is 47.8. The van der Waals surface area contributed by atoms with Crippen molar-refractivity contribution < 1.29 is 121 Å². The van der Waals surface area contributed by atoms with E-state index in [2.05, 4.69) is 53.2 Å². The fourth-order valence-electron chi connectivity index (χ4n) is 16.6. The van der Waals surface area contributed by atoms with E-state index in [4.69, 9.17) is 27.7 Å². The first kappa shape index (κ1) is 120. The molecule has 0 radical (unpaired) electrons. The number of hydrogen-bond acceptors (Lipinski definition) is 22. The second-order valence-corrected chi connectivity index (χ2v) is 36.5. The van der Waals surface area contributed by atoms with Crippen LogP contribution in [0.5, 0.6) is 5.75 Å². The van der Waals surface area contributed by atoms with Crippen molar-refractivity contribution in [1.82, 2.24) is 31.9 Å². The highest BCUT2D eigenvalue weighted by Gasteiger charge is 2.40. The van der Waals surface area contributed by atoms with Crippen molar-refractivity contribution in [3.8, 4) is 5.75 Å². The monoisotopic (exact) mass is 1980 g/mol. The zero-order chi connectivity index (χ0) is 104. The Labute approximate surface area is 828 Å². The van der Waals surface area contributed by atoms with E-state index in [1.54, 1.807) is 97.1 Å². The number of carboxylic acid groups (broad SMARTS) is 3. The van der Waals surface area contributed by atoms with E-state index in [9.17, 15) is 116 Å². The molecule has 776 valence electrons. The third kappa shape index (κ3) is 46.8. The molecule has 0 aliphatic heterocycles. The minimum absolute atomic E-state index is 0. The number of rotatable bonds is 64. The standard InChI is InChI=1S/C54H71N7O13.C48H69N7O12.CH4/c1-33-11-6-7-15-43(33)61-54(73)58-39-22-18-35(19-23-39)28-40(62)29-37(14-8-9-26-57-53(56)72)51(70)59-44(16-10-17-48(65)66)47(64)31-42(36-12-4-3-5-13-36)52(71)60-45(32-49(67)68)46(63)30-38(50(55)69)27-34-20-24-41(74-2)25-21-34;1-28(2)23-40(42(60)27-37(30(4)56)31(5)57)54-46(65)34(18-21-43(49)61)26-41(59)39(14-10-15-44(62)63)53-45(64)33(12-8-9-22-51-47(50)66)25-36(58)24-32-16-19-35(20-17-32)52-48(67)55-38-13-7-6-11-29(38)3;/h6-7,11,15,18-25,36-38,42,44-45H,3-5,8-10,12-14,16-17,26-32H2,1-2H3,(H2,55,69)(H,59,70)(H,60,71)(H,65,66)(H,67,68)(H3,56,57,72)(H2,58,61,73);6-7,11,13,16-17,19-20,28,30,33-34,37,39-40,56H,8-10,12,14-15,18,21-27H2,1-5H3,(H2,49,61)(H,53,64)(H,54,65)(H,62,63)(H3,50,51,66)(H2,52,55,67);1H4/t37-,38+,42-,44+,45+;30?,33-,34-,37+,39+,40-;/m11./s1. The van der Waals surface area contributed by atoms with Gasteiger partial charge in [-0.25, -0.2) is 19.2 Å². The summed E-state index contributed by atoms with van der Waals surface area (Å²) in [4.78, 5) is 259. The SMILES string of the molecule is C.CC(=O)[C@@H](CC(=O)[C@@H](CC(C)C)NC(=O)[C@H](CCC(N)=O)CC(=O)[C@H](CCCC(=O)O)NC(=O)[C@H](CCCCNC(N)=O)CC(=O)Cc1ccc(NC(=O)Nc2ccccc2C)cc1)C(C)O.COc1ccc(C[C@@H](CC(=O)[C@H](CC(=O)O)NC(=O)[C@H](CC(=O)[C@H](CCCC(=O)O)NC(=O)[C@H](CCCCNC(N)=O)CC(=O)Cc2ccc(NC(=O)Nc3ccccc3C)cc2)C2CCCCC2)C(N)=O)cc1. The molecule has 1 aliphatic rings. The van der Waals surface area contributed by atoms with Gasteiger partial charge in [-0.15, -0.1) is 0 Å². The normalized spacial score (nSPS) is 14.0. The van der Waals surface area contributed by atoms with Crippen molar-refractivity contribution in [3.63, 3.8) is 0 Å². The molecule has 0 aromatic heterocycles. The minimum Gasteiger partial charge on any atom is -0.497 e. The van der Waals surface area contributed by atoms with Gasteiger partial charge in [0, 0.05) is 142 Å². The Hall–Kier alpha value is -14.1. The lowest BCUT2D eigenvalue weighted by atomic mass is 9.76. The lowest BCUT2D eigenvalue weighted by Gasteiger charge is -2.31. The number of ether oxygens (including phenoxy) is 1. The Balaban J connectivity index is 0.000000591. The van der Waals surface area contributed by atoms with Gasteiger partial charge in [-0.1, -0.05) is 126 Å². The summed E-state index contributed by atoms with van der Waals surface area (Å²) in [6, 6.07) is 26.8. The second-order valence-electron chi connectivity index (χ2n) is 36.5. The number of aliphatic hydroxyl groups excluding tert-OH is 1. The van der Waals surface area contributed by atoms with Crippen LogP contribution in [0.2, 0.25) is 0 Å². The Bertz CT molecular complexity index is 5080. The van der Waals surface area contributed by atoms with Crippen LogP contribution in [0, 0.1) is 61.2 Å². The van der Waals surface area contributed by atoms with Crippen LogP contribution in [0.25, 0.3) is 0 Å². The topological polar surface area (TPSA) is 656 Å². The van der Waals surface area contributed by atoms with Gasteiger partial charge in [0.05, 0.1) is 43.8 Å². The number of amides is 14. The molecule has 0 spiro atoms. The summed E-state index contributed by atoms with van der Waals surface area (Å²) in [5.41, 5.74) is 27.4. The van der Waals surface area contributed by atoms with Crippen molar-refractivity contribution in [3.05, 3.63) is 149 Å². The molecule has 0 saturated heterocycles. The van der Waals surface area contributed by atoms with Crippen LogP contribution in [0.1, 0.15) is 236 Å². The average Bonchev–Trinajstić information content (AvgIpc) is 0.822. The number of para-hydroxylation sites is 2. The number of primary amides is 4. The van der Waals surface area contributed by atoms with Crippen molar-refractivity contribution in [2.75, 3.05) is 41.5 Å². The first-order valence-corrected chi connectivity index (χ1v) is 47.8. The number of aliphatic hydroxyl groups is 1. The number of carboxylic acids is 3. The molecule has 1 saturated carbocycles. The Morgan fingerprint density at radius 2 is 0.824 bits per heavy atom. The number of aryl methyl sites for hydroxylation is 2. The molecule has 142 heavy (non-hydrogen) atoms. The van der Waals surface area contributed by atoms with Gasteiger partial charge in [-0.3, -0.25) is 76.7 Å². The van der Waals surface area contributed by atoms with E-state index in [1.807, 2.05) is 52.0 Å². The van der Waals surface area contributed by atoms with Gasteiger partial charge in [0.25, 0.3) is 0 Å². The summed E-state index contributed by atoms with van der Waals surface area (Å²) in [5, 5.41) is 65.6. The number of nitrogens with one attached hydrogen (secondary N) is 10. The number of anilines is 4. The maximum atomic E-state index is 14.5. The molecule has 39 nitrogen and oxygen atoms in total. The van der Waals surface area contributed by atoms with Gasteiger partial charge in [0.2, 0.25) is 35.4 Å². The number of benzene rings is 5. The number of unbranched alkanes of at least 4 members (excludes halogenated alkanes) is 2. The minimum atomic E-state index is -1.58. The number of nitrogens with two attached hydrogens (primary N) is 4. The number of urea groups is 4. The third-order valence-corrected chi connectivity index (χ3v) is 24.5. The lowest BCUT2D eigenvalue weighted by molar-refractivity contribution is -0.142. The second kappa shape index (κ2) is 63.5. The molecule has 1 unspecified atom stereocenters. The smallest absolute Gasteiger partial charge is 0.323 e. The highest BCUT2D eigenvalue weighted by molar-refractivity contribution is 6.03. The van der Waals surface area contributed by atoms with Gasteiger partial charge < -0.3 is 101 Å². The number of carbonyl (C=O) groups excluding carboxylic acids is 17. The molecule has 0 bridgehead atoms. The van der Waals surface area contributed by atoms with E-state index >= 15 is 0 Å². The van der Waals surface area contributed by atoms with Crippen molar-refractivity contribution in [2.45, 2.75) is 272 Å². The molecule has 5 aromatic rings. The summed E-state index contributed by atoms with van der Waals surface area (Å²) < 4.78 is 5.18. The van der Waals surface area contributed by atoms with Crippen LogP contribution >= 0.6 is 0 Å². The van der Waals surface area contributed by atoms with Crippen molar-refractivity contribution in [2.24, 2.45) is 70.3 Å². The predicted molar refractivity (Wildman–Crippen MR) is 532 cm³/mol. The highest BCUT2D eigenvalue weighted by atomic mass is 16.5. The van der Waals surface area contributed by atoms with E-state index in [0.717, 1.165) is 30.4 Å². The van der Waals surface area contributed by atoms with Crippen molar-refractivity contribution in [1.29, 1.82) is 0 Å². The molecule has 0 heterocycles. The number of carbonyl (C=O) groups is 20. The van der Waals surface area contributed by atoms with Crippen LogP contribution < -0.4 is 80.8 Å². The van der Waals surface area contributed by atoms with Crippen molar-refractivity contribution >= 4 is 141 Å². The van der Waals surface area contributed by atoms with Crippen LogP contribution in [-0.2, 0) is 96.0 Å². The maximum absolute atomic E-state index is 14.5. The number of hydrogen-bond donors (Lipinski definition) is 18. The Morgan fingerprint density at radius 3 is 1.23 bits per heavy atom. The molecule has 5 aromatic carbocycles. The molecule has 14 amide bonds. The summed E-state index contributed by atoms with van der Waals surface area (Å²) in [6.45, 7) is 10.4.